The Bertz CT molecular complexity index is 455. The maximum Gasteiger partial charge on any atom is 0.254 e. The molecule has 1 unspecified atom stereocenters. The number of amides is 1. The number of benzene rings is 1. The average molecular weight is 259 g/mol. The third-order valence-corrected chi connectivity index (χ3v) is 4.25. The van der Waals surface area contributed by atoms with Gasteiger partial charge in [0.25, 0.3) is 5.91 Å². The van der Waals surface area contributed by atoms with Gasteiger partial charge in [0.2, 0.25) is 0 Å². The first-order chi connectivity index (χ1) is 9.04. The normalized spacial score (nSPS) is 19.6. The number of rotatable bonds is 2. The molecule has 0 spiro atoms. The van der Waals surface area contributed by atoms with Crippen molar-refractivity contribution in [3.05, 3.63) is 34.4 Å². The number of carbonyl (C=O) groups excluding carboxylic acids is 1. The van der Waals surface area contributed by atoms with Crippen molar-refractivity contribution >= 4 is 5.91 Å². The molecular weight excluding hydrogens is 234 g/mol. The Morgan fingerprint density at radius 3 is 2.42 bits per heavy atom. The predicted molar refractivity (Wildman–Crippen MR) is 79.6 cm³/mol. The Kier molecular flexibility index (Phi) is 4.28. The van der Waals surface area contributed by atoms with Gasteiger partial charge in [0.1, 0.15) is 0 Å². The number of hydrogen-bond acceptors (Lipinski definition) is 1. The van der Waals surface area contributed by atoms with E-state index in [1.807, 2.05) is 0 Å². The van der Waals surface area contributed by atoms with E-state index in [1.165, 1.54) is 12.0 Å². The van der Waals surface area contributed by atoms with E-state index < -0.39 is 0 Å². The Hall–Kier alpha value is -1.31. The Labute approximate surface area is 116 Å². The summed E-state index contributed by atoms with van der Waals surface area (Å²) in [5.74, 6) is 0.238. The highest BCUT2D eigenvalue weighted by atomic mass is 16.2. The van der Waals surface area contributed by atoms with Gasteiger partial charge in [0, 0.05) is 18.2 Å². The minimum atomic E-state index is 0.238. The molecule has 104 valence electrons. The van der Waals surface area contributed by atoms with Crippen molar-refractivity contribution in [3.8, 4) is 0 Å². The largest absolute Gasteiger partial charge is 0.336 e. The van der Waals surface area contributed by atoms with Crippen LogP contribution in [-0.2, 0) is 0 Å². The summed E-state index contributed by atoms with van der Waals surface area (Å²) in [7, 11) is 0. The number of aryl methyl sites for hydroxylation is 3. The summed E-state index contributed by atoms with van der Waals surface area (Å²) >= 11 is 0. The lowest BCUT2D eigenvalue weighted by Gasteiger charge is -2.36. The second-order valence-corrected chi connectivity index (χ2v) is 5.83. The Morgan fingerprint density at radius 2 is 1.84 bits per heavy atom. The van der Waals surface area contributed by atoms with Gasteiger partial charge < -0.3 is 4.90 Å². The number of nitrogens with zero attached hydrogens (tertiary/aromatic N) is 1. The molecule has 1 heterocycles. The zero-order chi connectivity index (χ0) is 14.0. The molecule has 2 heteroatoms. The van der Waals surface area contributed by atoms with Crippen LogP contribution in [0.4, 0.5) is 0 Å². The van der Waals surface area contributed by atoms with Crippen LogP contribution in [0.25, 0.3) is 0 Å². The average Bonchev–Trinajstić information content (AvgIpc) is 2.37. The lowest BCUT2D eigenvalue weighted by Crippen LogP contribution is -2.43. The van der Waals surface area contributed by atoms with E-state index in [4.69, 9.17) is 0 Å². The van der Waals surface area contributed by atoms with E-state index >= 15 is 0 Å². The summed E-state index contributed by atoms with van der Waals surface area (Å²) in [5.41, 5.74) is 4.38. The van der Waals surface area contributed by atoms with E-state index in [1.54, 1.807) is 0 Å². The molecule has 1 fully saturated rings. The summed E-state index contributed by atoms with van der Waals surface area (Å²) in [6.45, 7) is 9.30. The summed E-state index contributed by atoms with van der Waals surface area (Å²) in [6, 6.07) is 4.66. The van der Waals surface area contributed by atoms with Gasteiger partial charge in [0.15, 0.2) is 0 Å². The highest BCUT2D eigenvalue weighted by Crippen LogP contribution is 2.25. The fourth-order valence-electron chi connectivity index (χ4n) is 3.35. The molecule has 0 radical (unpaired) electrons. The molecule has 1 aromatic rings. The smallest absolute Gasteiger partial charge is 0.254 e. The van der Waals surface area contributed by atoms with Gasteiger partial charge in [-0.15, -0.1) is 0 Å². The van der Waals surface area contributed by atoms with E-state index in [2.05, 4.69) is 44.7 Å². The van der Waals surface area contributed by atoms with E-state index in [0.717, 1.165) is 42.5 Å². The third-order valence-electron chi connectivity index (χ3n) is 4.25. The first-order valence-electron chi connectivity index (χ1n) is 7.43. The molecule has 0 saturated carbocycles. The molecule has 2 nitrogen and oxygen atoms in total. The van der Waals surface area contributed by atoms with Gasteiger partial charge in [-0.05, 0) is 57.6 Å². The van der Waals surface area contributed by atoms with Crippen LogP contribution >= 0.6 is 0 Å². The molecule has 1 atom stereocenters. The van der Waals surface area contributed by atoms with Crippen LogP contribution in [0.15, 0.2) is 12.1 Å². The van der Waals surface area contributed by atoms with Crippen LogP contribution in [-0.4, -0.2) is 23.4 Å². The van der Waals surface area contributed by atoms with Crippen molar-refractivity contribution in [1.82, 2.24) is 4.90 Å². The molecule has 1 aromatic carbocycles. The summed E-state index contributed by atoms with van der Waals surface area (Å²) in [4.78, 5) is 15.0. The minimum absolute atomic E-state index is 0.238. The summed E-state index contributed by atoms with van der Waals surface area (Å²) in [6.07, 6.45) is 4.63. The molecule has 0 N–H and O–H groups in total. The van der Waals surface area contributed by atoms with Crippen molar-refractivity contribution < 1.29 is 4.79 Å². The van der Waals surface area contributed by atoms with E-state index in [0.29, 0.717) is 6.04 Å². The molecular formula is C17H25NO. The van der Waals surface area contributed by atoms with Crippen LogP contribution in [0.1, 0.15) is 59.7 Å². The zero-order valence-electron chi connectivity index (χ0n) is 12.6. The topological polar surface area (TPSA) is 20.3 Å². The maximum absolute atomic E-state index is 12.8. The first kappa shape index (κ1) is 14.1. The molecule has 1 amide bonds. The third kappa shape index (κ3) is 2.83. The molecule has 1 saturated heterocycles. The predicted octanol–water partition coefficient (Wildman–Crippen LogP) is 4.02. The lowest BCUT2D eigenvalue weighted by molar-refractivity contribution is 0.0606. The highest BCUT2D eigenvalue weighted by Gasteiger charge is 2.27. The van der Waals surface area contributed by atoms with Gasteiger partial charge in [-0.3, -0.25) is 4.79 Å². The Balaban J connectivity index is 2.33. The van der Waals surface area contributed by atoms with Crippen LogP contribution in [0, 0.1) is 20.8 Å². The van der Waals surface area contributed by atoms with E-state index in [-0.39, 0.29) is 5.91 Å². The summed E-state index contributed by atoms with van der Waals surface area (Å²) in [5, 5.41) is 0. The minimum Gasteiger partial charge on any atom is -0.336 e. The van der Waals surface area contributed by atoms with Crippen LogP contribution in [0.5, 0.6) is 0 Å². The quantitative estimate of drug-likeness (QED) is 0.785. The molecule has 2 rings (SSSR count). The fraction of sp³-hybridized carbons (Fsp3) is 0.588. The van der Waals surface area contributed by atoms with Gasteiger partial charge in [-0.2, -0.15) is 0 Å². The monoisotopic (exact) mass is 259 g/mol. The molecule has 0 aromatic heterocycles. The first-order valence-corrected chi connectivity index (χ1v) is 7.43. The number of piperidine rings is 1. The van der Waals surface area contributed by atoms with E-state index in [9.17, 15) is 4.79 Å². The van der Waals surface area contributed by atoms with Crippen molar-refractivity contribution in [1.29, 1.82) is 0 Å². The SMILES string of the molecule is CCC1CCCCN1C(=O)c1c(C)cc(C)cc1C. The van der Waals surface area contributed by atoms with Gasteiger partial charge in [-0.25, -0.2) is 0 Å². The fourth-order valence-corrected chi connectivity index (χ4v) is 3.35. The van der Waals surface area contributed by atoms with Crippen LogP contribution < -0.4 is 0 Å². The standard InChI is InChI=1S/C17H25NO/c1-5-15-8-6-7-9-18(15)17(19)16-13(3)10-12(2)11-14(16)4/h10-11,15H,5-9H2,1-4H3. The molecule has 1 aliphatic rings. The van der Waals surface area contributed by atoms with Gasteiger partial charge in [0.05, 0.1) is 0 Å². The zero-order valence-corrected chi connectivity index (χ0v) is 12.6. The molecule has 19 heavy (non-hydrogen) atoms. The Morgan fingerprint density at radius 1 is 1.21 bits per heavy atom. The van der Waals surface area contributed by atoms with Gasteiger partial charge >= 0.3 is 0 Å². The van der Waals surface area contributed by atoms with Gasteiger partial charge in [-0.1, -0.05) is 24.6 Å². The number of likely N-dealkylation sites (tertiary alicyclic amines) is 1. The lowest BCUT2D eigenvalue weighted by atomic mass is 9.95. The highest BCUT2D eigenvalue weighted by molar-refractivity contribution is 5.97. The van der Waals surface area contributed by atoms with Crippen LogP contribution in [0.2, 0.25) is 0 Å². The molecule has 0 aliphatic carbocycles. The maximum atomic E-state index is 12.8. The second-order valence-electron chi connectivity index (χ2n) is 5.83. The number of carbonyl (C=O) groups is 1. The van der Waals surface area contributed by atoms with Crippen molar-refractivity contribution in [3.63, 3.8) is 0 Å². The molecule has 0 bridgehead atoms. The number of hydrogen-bond donors (Lipinski definition) is 0. The van der Waals surface area contributed by atoms with Crippen molar-refractivity contribution in [2.75, 3.05) is 6.54 Å². The molecule has 1 aliphatic heterocycles. The summed E-state index contributed by atoms with van der Waals surface area (Å²) < 4.78 is 0. The second kappa shape index (κ2) is 5.77. The van der Waals surface area contributed by atoms with Crippen molar-refractivity contribution in [2.24, 2.45) is 0 Å². The van der Waals surface area contributed by atoms with Crippen molar-refractivity contribution in [2.45, 2.75) is 59.4 Å². The van der Waals surface area contributed by atoms with Crippen LogP contribution in [0.3, 0.4) is 0 Å².